The van der Waals surface area contributed by atoms with Crippen LogP contribution in [0.3, 0.4) is 0 Å². The Balaban J connectivity index is 1.80. The van der Waals surface area contributed by atoms with Gasteiger partial charge in [0.1, 0.15) is 11.4 Å². The van der Waals surface area contributed by atoms with Crippen LogP contribution in [-0.4, -0.2) is 42.0 Å². The van der Waals surface area contributed by atoms with Crippen molar-refractivity contribution in [1.82, 2.24) is 15.2 Å². The maximum absolute atomic E-state index is 13.1. The van der Waals surface area contributed by atoms with Crippen molar-refractivity contribution in [2.75, 3.05) is 26.2 Å². The van der Waals surface area contributed by atoms with E-state index in [-0.39, 0.29) is 11.9 Å². The normalized spacial score (nSPS) is 12.0. The molecule has 1 atom stereocenters. The molecule has 1 heterocycles. The molecule has 1 aromatic heterocycles. The van der Waals surface area contributed by atoms with E-state index in [1.165, 1.54) is 0 Å². The highest BCUT2D eigenvalue weighted by atomic mass is 32.1. The van der Waals surface area contributed by atoms with Gasteiger partial charge in [0.05, 0.1) is 22.5 Å². The fraction of sp³-hybridized carbons (Fsp3) is 0.360. The summed E-state index contributed by atoms with van der Waals surface area (Å²) in [7, 11) is 0. The van der Waals surface area contributed by atoms with E-state index in [2.05, 4.69) is 41.2 Å². The second-order valence-electron chi connectivity index (χ2n) is 7.23. The number of nitrogens with zero attached hydrogens (tertiary/aromatic N) is 2. The molecule has 2 aromatic carbocycles. The maximum atomic E-state index is 13.1. The number of hydrogen-bond donors (Lipinski definition) is 1. The average Bonchev–Trinajstić information content (AvgIpc) is 3.20. The van der Waals surface area contributed by atoms with Gasteiger partial charge in [0.2, 0.25) is 0 Å². The van der Waals surface area contributed by atoms with Crippen LogP contribution in [0.25, 0.3) is 10.4 Å². The third-order valence-electron chi connectivity index (χ3n) is 5.27. The lowest BCUT2D eigenvalue weighted by Crippen LogP contribution is -2.38. The van der Waals surface area contributed by atoms with E-state index in [0.717, 1.165) is 39.9 Å². The summed E-state index contributed by atoms with van der Waals surface area (Å²) >= 11 is 1.55. The molecule has 6 heteroatoms. The standard InChI is InChI=1S/C25H31N3O2S/c1-5-28(6-2)22(19-13-15-21(16-14-19)30-7-3)17-26-25(29)23-24(31-18(4)27-23)20-11-9-8-10-12-20/h8-16,22H,5-7,17H2,1-4H3,(H,26,29). The van der Waals surface area contributed by atoms with Gasteiger partial charge >= 0.3 is 0 Å². The van der Waals surface area contributed by atoms with Crippen LogP contribution in [0, 0.1) is 6.92 Å². The molecule has 0 aliphatic heterocycles. The minimum absolute atomic E-state index is 0.0783. The van der Waals surface area contributed by atoms with Gasteiger partial charge in [-0.3, -0.25) is 9.69 Å². The van der Waals surface area contributed by atoms with Crippen LogP contribution in [0.5, 0.6) is 5.75 Å². The Labute approximate surface area is 189 Å². The van der Waals surface area contributed by atoms with Gasteiger partial charge in [0.15, 0.2) is 0 Å². The minimum atomic E-state index is -0.133. The van der Waals surface area contributed by atoms with Gasteiger partial charge < -0.3 is 10.1 Å². The predicted octanol–water partition coefficient (Wildman–Crippen LogP) is 5.33. The van der Waals surface area contributed by atoms with Crippen molar-refractivity contribution in [3.05, 3.63) is 70.9 Å². The lowest BCUT2D eigenvalue weighted by atomic mass is 10.0. The molecular formula is C25H31N3O2S. The molecule has 5 nitrogen and oxygen atoms in total. The topological polar surface area (TPSA) is 54.5 Å². The number of rotatable bonds is 10. The molecule has 1 amide bonds. The summed E-state index contributed by atoms with van der Waals surface area (Å²) in [5.41, 5.74) is 2.67. The SMILES string of the molecule is CCOc1ccc(C(CNC(=O)c2nc(C)sc2-c2ccccc2)N(CC)CC)cc1. The highest BCUT2D eigenvalue weighted by Gasteiger charge is 2.22. The lowest BCUT2D eigenvalue weighted by Gasteiger charge is -2.30. The van der Waals surface area contributed by atoms with Crippen LogP contribution < -0.4 is 10.1 Å². The van der Waals surface area contributed by atoms with Crippen LogP contribution in [0.15, 0.2) is 54.6 Å². The Morgan fingerprint density at radius 1 is 1.06 bits per heavy atom. The lowest BCUT2D eigenvalue weighted by molar-refractivity contribution is 0.0931. The van der Waals surface area contributed by atoms with Gasteiger partial charge in [-0.05, 0) is 50.2 Å². The van der Waals surface area contributed by atoms with Gasteiger partial charge in [-0.2, -0.15) is 0 Å². The smallest absolute Gasteiger partial charge is 0.271 e. The zero-order valence-electron chi connectivity index (χ0n) is 18.7. The maximum Gasteiger partial charge on any atom is 0.271 e. The number of ether oxygens (including phenoxy) is 1. The molecule has 0 spiro atoms. The Morgan fingerprint density at radius 2 is 1.74 bits per heavy atom. The average molecular weight is 438 g/mol. The Morgan fingerprint density at radius 3 is 2.35 bits per heavy atom. The Bertz CT molecular complexity index is 966. The van der Waals surface area contributed by atoms with Crippen molar-refractivity contribution < 1.29 is 9.53 Å². The first kappa shape index (κ1) is 23.0. The van der Waals surface area contributed by atoms with Gasteiger partial charge in [0.25, 0.3) is 5.91 Å². The number of hydrogen-bond acceptors (Lipinski definition) is 5. The summed E-state index contributed by atoms with van der Waals surface area (Å²) in [5.74, 6) is 0.727. The van der Waals surface area contributed by atoms with Gasteiger partial charge in [-0.25, -0.2) is 4.98 Å². The molecule has 1 unspecified atom stereocenters. The van der Waals surface area contributed by atoms with Gasteiger partial charge in [-0.15, -0.1) is 11.3 Å². The highest BCUT2D eigenvalue weighted by molar-refractivity contribution is 7.15. The molecule has 0 saturated carbocycles. The number of nitrogens with one attached hydrogen (secondary N) is 1. The van der Waals surface area contributed by atoms with Crippen LogP contribution in [-0.2, 0) is 0 Å². The number of carbonyl (C=O) groups excluding carboxylic acids is 1. The molecule has 164 valence electrons. The van der Waals surface area contributed by atoms with E-state index < -0.39 is 0 Å². The summed E-state index contributed by atoms with van der Waals surface area (Å²) in [4.78, 5) is 20.9. The zero-order valence-corrected chi connectivity index (χ0v) is 19.5. The van der Waals surface area contributed by atoms with E-state index in [1.807, 2.05) is 56.3 Å². The number of aromatic nitrogens is 1. The van der Waals surface area contributed by atoms with Crippen molar-refractivity contribution in [2.45, 2.75) is 33.7 Å². The van der Waals surface area contributed by atoms with Crippen molar-refractivity contribution in [1.29, 1.82) is 0 Å². The van der Waals surface area contributed by atoms with Crippen molar-refractivity contribution in [3.8, 4) is 16.2 Å². The summed E-state index contributed by atoms with van der Waals surface area (Å²) in [6, 6.07) is 18.2. The van der Waals surface area contributed by atoms with Gasteiger partial charge in [-0.1, -0.05) is 56.3 Å². The monoisotopic (exact) mass is 437 g/mol. The van der Waals surface area contributed by atoms with E-state index in [0.29, 0.717) is 18.8 Å². The van der Waals surface area contributed by atoms with Crippen LogP contribution in [0.1, 0.15) is 47.9 Å². The van der Waals surface area contributed by atoms with Crippen LogP contribution in [0.4, 0.5) is 0 Å². The number of thiazole rings is 1. The minimum Gasteiger partial charge on any atom is -0.494 e. The summed E-state index contributed by atoms with van der Waals surface area (Å²) in [5, 5.41) is 4.03. The first-order chi connectivity index (χ1) is 15.1. The third-order valence-corrected chi connectivity index (χ3v) is 6.29. The second-order valence-corrected chi connectivity index (χ2v) is 8.43. The second kappa shape index (κ2) is 11.1. The summed E-state index contributed by atoms with van der Waals surface area (Å²) in [6.45, 7) is 11.2. The first-order valence-electron chi connectivity index (χ1n) is 10.8. The van der Waals surface area contributed by atoms with E-state index in [4.69, 9.17) is 4.74 Å². The first-order valence-corrected chi connectivity index (χ1v) is 11.7. The molecule has 0 fully saturated rings. The molecule has 0 aliphatic rings. The fourth-order valence-corrected chi connectivity index (χ4v) is 4.64. The molecule has 31 heavy (non-hydrogen) atoms. The van der Waals surface area contributed by atoms with Crippen molar-refractivity contribution in [3.63, 3.8) is 0 Å². The Kier molecular flexibility index (Phi) is 8.20. The summed E-state index contributed by atoms with van der Waals surface area (Å²) < 4.78 is 5.58. The van der Waals surface area contributed by atoms with Crippen LogP contribution in [0.2, 0.25) is 0 Å². The number of carbonyl (C=O) groups is 1. The Hall–Kier alpha value is -2.70. The molecule has 0 saturated heterocycles. The van der Waals surface area contributed by atoms with Crippen molar-refractivity contribution >= 4 is 17.2 Å². The summed E-state index contributed by atoms with van der Waals surface area (Å²) in [6.07, 6.45) is 0. The van der Waals surface area contributed by atoms with E-state index in [9.17, 15) is 4.79 Å². The number of likely N-dealkylation sites (N-methyl/N-ethyl adjacent to an activating group) is 1. The van der Waals surface area contributed by atoms with E-state index >= 15 is 0 Å². The number of amides is 1. The molecule has 0 radical (unpaired) electrons. The third kappa shape index (κ3) is 5.71. The number of aryl methyl sites for hydroxylation is 1. The zero-order chi connectivity index (χ0) is 22.2. The predicted molar refractivity (Wildman–Crippen MR) is 128 cm³/mol. The molecule has 3 rings (SSSR count). The largest absolute Gasteiger partial charge is 0.494 e. The highest BCUT2D eigenvalue weighted by Crippen LogP contribution is 2.30. The molecular weight excluding hydrogens is 406 g/mol. The van der Waals surface area contributed by atoms with Crippen LogP contribution >= 0.6 is 11.3 Å². The van der Waals surface area contributed by atoms with E-state index in [1.54, 1.807) is 11.3 Å². The molecule has 1 N–H and O–H groups in total. The molecule has 0 bridgehead atoms. The fourth-order valence-electron chi connectivity index (χ4n) is 3.71. The molecule has 3 aromatic rings. The number of benzene rings is 2. The van der Waals surface area contributed by atoms with Crippen molar-refractivity contribution in [2.24, 2.45) is 0 Å². The van der Waals surface area contributed by atoms with Gasteiger partial charge in [0, 0.05) is 6.54 Å². The quantitative estimate of drug-likeness (QED) is 0.466. The molecule has 0 aliphatic carbocycles.